The van der Waals surface area contributed by atoms with Gasteiger partial charge >= 0.3 is 10.1 Å². The largest absolute Gasteiger partial charge is 0.346 e. The van der Waals surface area contributed by atoms with Gasteiger partial charge in [0.2, 0.25) is 4.99 Å². The Morgan fingerprint density at radius 3 is 1.49 bits per heavy atom. The van der Waals surface area contributed by atoms with E-state index in [1.54, 1.807) is 0 Å². The van der Waals surface area contributed by atoms with Crippen LogP contribution in [0.4, 0.5) is 11.4 Å². The van der Waals surface area contributed by atoms with Crippen molar-refractivity contribution in [1.29, 1.82) is 0 Å². The van der Waals surface area contributed by atoms with Crippen molar-refractivity contribution in [2.45, 2.75) is 160 Å². The standard InChI is InChI=1S/C37H60N2O3S/c1-2-3-4-5-6-7-8-9-10-11-12-13-14-15-16-17-18-19-20-21-27-32-37(43(40,41)42)38-35-30-25-26-31-36(35)39(37)33-34-28-23-22-24-29-34/h22-26,28-31,38H,2-21,27,32-33H2,1H3,(H,40,41,42). The molecule has 2 aromatic carbocycles. The molecule has 0 radical (unpaired) electrons. The molecule has 1 unspecified atom stereocenters. The van der Waals surface area contributed by atoms with Crippen LogP contribution in [0.25, 0.3) is 0 Å². The monoisotopic (exact) mass is 612 g/mol. The summed E-state index contributed by atoms with van der Waals surface area (Å²) in [5.41, 5.74) is 2.57. The number of unbranched alkanes of at least 4 members (excludes halogenated alkanes) is 20. The number of nitrogens with one attached hydrogen (secondary N) is 1. The Balaban J connectivity index is 1.25. The number of nitrogens with zero attached hydrogens (tertiary/aromatic N) is 1. The molecule has 0 fully saturated rings. The molecule has 2 aromatic rings. The lowest BCUT2D eigenvalue weighted by Crippen LogP contribution is -2.56. The second-order valence-electron chi connectivity index (χ2n) is 12.8. The molecule has 0 spiro atoms. The Morgan fingerprint density at radius 1 is 0.605 bits per heavy atom. The second kappa shape index (κ2) is 20.1. The molecule has 0 aliphatic carbocycles. The average Bonchev–Trinajstić information content (AvgIpc) is 3.32. The van der Waals surface area contributed by atoms with Gasteiger partial charge in [0.15, 0.2) is 0 Å². The Hall–Kier alpha value is -2.05. The van der Waals surface area contributed by atoms with Gasteiger partial charge in [-0.15, -0.1) is 0 Å². The van der Waals surface area contributed by atoms with Gasteiger partial charge in [-0.2, -0.15) is 8.42 Å². The van der Waals surface area contributed by atoms with Crippen LogP contribution in [0.3, 0.4) is 0 Å². The summed E-state index contributed by atoms with van der Waals surface area (Å²) in [6.07, 6.45) is 28.0. The van der Waals surface area contributed by atoms with Gasteiger partial charge in [0.05, 0.1) is 11.4 Å². The van der Waals surface area contributed by atoms with Crippen molar-refractivity contribution in [2.75, 3.05) is 10.2 Å². The lowest BCUT2D eigenvalue weighted by Gasteiger charge is -2.37. The minimum atomic E-state index is -4.41. The van der Waals surface area contributed by atoms with E-state index in [0.29, 0.717) is 13.0 Å². The molecule has 5 nitrogen and oxygen atoms in total. The molecule has 43 heavy (non-hydrogen) atoms. The Labute approximate surface area is 264 Å². The SMILES string of the molecule is CCCCCCCCCCCCCCCCCCCCCCCC1(S(=O)(=O)O)Nc2ccccc2N1Cc1ccccc1. The summed E-state index contributed by atoms with van der Waals surface area (Å²) in [5, 5.41) is 3.21. The van der Waals surface area contributed by atoms with Crippen LogP contribution in [0.2, 0.25) is 0 Å². The highest BCUT2D eigenvalue weighted by Crippen LogP contribution is 2.45. The number of rotatable bonds is 25. The molecule has 0 aromatic heterocycles. The highest BCUT2D eigenvalue weighted by Gasteiger charge is 2.52. The van der Waals surface area contributed by atoms with Crippen molar-refractivity contribution in [3.05, 3.63) is 60.2 Å². The van der Waals surface area contributed by atoms with E-state index in [2.05, 4.69) is 12.2 Å². The number of anilines is 2. The molecule has 1 atom stereocenters. The first kappa shape index (κ1) is 35.4. The average molecular weight is 613 g/mol. The van der Waals surface area contributed by atoms with Gasteiger partial charge < -0.3 is 10.2 Å². The van der Waals surface area contributed by atoms with Crippen LogP contribution in [0.1, 0.15) is 154 Å². The zero-order valence-electron chi connectivity index (χ0n) is 27.1. The van der Waals surface area contributed by atoms with Gasteiger partial charge in [0.25, 0.3) is 0 Å². The van der Waals surface area contributed by atoms with E-state index in [1.165, 1.54) is 116 Å². The second-order valence-corrected chi connectivity index (χ2v) is 14.4. The third-order valence-electron chi connectivity index (χ3n) is 9.19. The topological polar surface area (TPSA) is 69.6 Å². The molecule has 3 rings (SSSR count). The fourth-order valence-electron chi connectivity index (χ4n) is 6.59. The maximum absolute atomic E-state index is 12.9. The van der Waals surface area contributed by atoms with Crippen LogP contribution >= 0.6 is 0 Å². The van der Waals surface area contributed by atoms with Crippen molar-refractivity contribution in [3.8, 4) is 0 Å². The molecule has 0 saturated heterocycles. The third-order valence-corrected chi connectivity index (χ3v) is 10.6. The lowest BCUT2D eigenvalue weighted by molar-refractivity contribution is 0.408. The van der Waals surface area contributed by atoms with Crippen LogP contribution in [-0.2, 0) is 16.7 Å². The van der Waals surface area contributed by atoms with Gasteiger partial charge in [-0.25, -0.2) is 0 Å². The maximum atomic E-state index is 12.9. The number of para-hydroxylation sites is 2. The van der Waals surface area contributed by atoms with Gasteiger partial charge in [-0.05, 0) is 24.1 Å². The number of hydrogen-bond acceptors (Lipinski definition) is 4. The summed E-state index contributed by atoms with van der Waals surface area (Å²) < 4.78 is 36.4. The van der Waals surface area contributed by atoms with E-state index in [0.717, 1.165) is 36.2 Å². The number of hydrogen-bond donors (Lipinski definition) is 2. The highest BCUT2D eigenvalue weighted by molar-refractivity contribution is 7.87. The van der Waals surface area contributed by atoms with Gasteiger partial charge in [0, 0.05) is 13.0 Å². The summed E-state index contributed by atoms with van der Waals surface area (Å²) in [6.45, 7) is 2.69. The van der Waals surface area contributed by atoms with Crippen molar-refractivity contribution in [2.24, 2.45) is 0 Å². The first-order chi connectivity index (χ1) is 21.0. The van der Waals surface area contributed by atoms with Crippen molar-refractivity contribution in [1.82, 2.24) is 0 Å². The molecule has 6 heteroatoms. The summed E-state index contributed by atoms with van der Waals surface area (Å²) >= 11 is 0. The summed E-state index contributed by atoms with van der Waals surface area (Å²) in [5.74, 6) is 0. The normalized spacial score (nSPS) is 16.4. The Morgan fingerprint density at radius 2 is 1.02 bits per heavy atom. The quantitative estimate of drug-likeness (QED) is 0.0862. The lowest BCUT2D eigenvalue weighted by atomic mass is 10.0. The molecule has 2 N–H and O–H groups in total. The molecule has 0 amide bonds. The van der Waals surface area contributed by atoms with E-state index >= 15 is 0 Å². The Kier molecular flexibility index (Phi) is 16.5. The molecule has 1 heterocycles. The molecule has 0 bridgehead atoms. The summed E-state index contributed by atoms with van der Waals surface area (Å²) in [4.78, 5) is 0.296. The summed E-state index contributed by atoms with van der Waals surface area (Å²) in [6, 6.07) is 17.5. The van der Waals surface area contributed by atoms with Crippen LogP contribution < -0.4 is 10.2 Å². The third kappa shape index (κ3) is 12.1. The minimum absolute atomic E-state index is 0.340. The van der Waals surface area contributed by atoms with E-state index in [9.17, 15) is 13.0 Å². The van der Waals surface area contributed by atoms with Crippen LogP contribution in [0, 0.1) is 0 Å². The predicted octanol–water partition coefficient (Wildman–Crippen LogP) is 11.3. The molecular weight excluding hydrogens is 552 g/mol. The van der Waals surface area contributed by atoms with E-state index in [4.69, 9.17) is 0 Å². The van der Waals surface area contributed by atoms with Crippen molar-refractivity contribution in [3.63, 3.8) is 0 Å². The molecule has 0 saturated carbocycles. The van der Waals surface area contributed by atoms with Gasteiger partial charge in [-0.1, -0.05) is 178 Å². The fourth-order valence-corrected chi connectivity index (χ4v) is 7.68. The zero-order valence-corrected chi connectivity index (χ0v) is 27.9. The molecule has 1 aliphatic heterocycles. The smallest absolute Gasteiger partial charge is 0.308 e. The number of fused-ring (bicyclic) bond motifs is 1. The fraction of sp³-hybridized carbons (Fsp3) is 0.676. The predicted molar refractivity (Wildman–Crippen MR) is 184 cm³/mol. The Bertz CT molecular complexity index is 1110. The van der Waals surface area contributed by atoms with Crippen LogP contribution in [0.15, 0.2) is 54.6 Å². The van der Waals surface area contributed by atoms with E-state index < -0.39 is 15.1 Å². The number of benzene rings is 2. The van der Waals surface area contributed by atoms with Crippen LogP contribution in [-0.4, -0.2) is 18.0 Å². The maximum Gasteiger partial charge on any atom is 0.308 e. The van der Waals surface area contributed by atoms with Crippen molar-refractivity contribution < 1.29 is 13.0 Å². The minimum Gasteiger partial charge on any atom is -0.346 e. The summed E-state index contributed by atoms with van der Waals surface area (Å²) in [7, 11) is -4.41. The molecule has 1 aliphatic rings. The van der Waals surface area contributed by atoms with Gasteiger partial charge in [0.1, 0.15) is 0 Å². The van der Waals surface area contributed by atoms with Gasteiger partial charge in [-0.3, -0.25) is 4.55 Å². The van der Waals surface area contributed by atoms with E-state index in [-0.39, 0.29) is 0 Å². The van der Waals surface area contributed by atoms with E-state index in [1.807, 2.05) is 59.5 Å². The van der Waals surface area contributed by atoms with Crippen LogP contribution in [0.5, 0.6) is 0 Å². The first-order valence-electron chi connectivity index (χ1n) is 17.6. The van der Waals surface area contributed by atoms with Crippen molar-refractivity contribution >= 4 is 21.5 Å². The first-order valence-corrected chi connectivity index (χ1v) is 19.1. The highest BCUT2D eigenvalue weighted by atomic mass is 32.2. The molecule has 242 valence electrons. The molecular formula is C37H60N2O3S. The zero-order chi connectivity index (χ0) is 30.6.